The van der Waals surface area contributed by atoms with Gasteiger partial charge in [0.25, 0.3) is 0 Å². The van der Waals surface area contributed by atoms with Gasteiger partial charge in [0.2, 0.25) is 0 Å². The third kappa shape index (κ3) is 2.50. The van der Waals surface area contributed by atoms with Crippen LogP contribution in [0.5, 0.6) is 11.5 Å². The molecule has 2 aromatic rings. The van der Waals surface area contributed by atoms with E-state index in [0.29, 0.717) is 12.1 Å². The number of anilines is 1. The summed E-state index contributed by atoms with van der Waals surface area (Å²) >= 11 is 0. The summed E-state index contributed by atoms with van der Waals surface area (Å²) in [4.78, 5) is 0. The van der Waals surface area contributed by atoms with Crippen LogP contribution in [0.3, 0.4) is 0 Å². The second-order valence-electron chi connectivity index (χ2n) is 3.87. The molecule has 88 valence electrons. The highest BCUT2D eigenvalue weighted by Crippen LogP contribution is 2.25. The van der Waals surface area contributed by atoms with Crippen molar-refractivity contribution >= 4 is 5.69 Å². The van der Waals surface area contributed by atoms with Crippen LogP contribution in [-0.4, -0.2) is 12.2 Å². The molecule has 3 nitrogen and oxygen atoms in total. The molecule has 2 aromatic carbocycles. The van der Waals surface area contributed by atoms with Gasteiger partial charge >= 0.3 is 0 Å². The molecule has 17 heavy (non-hydrogen) atoms. The zero-order valence-electron chi connectivity index (χ0n) is 9.68. The lowest BCUT2D eigenvalue weighted by atomic mass is 10.0. The molecule has 3 N–H and O–H groups in total. The summed E-state index contributed by atoms with van der Waals surface area (Å²) in [5, 5.41) is 9.46. The van der Waals surface area contributed by atoms with Gasteiger partial charge in [-0.15, -0.1) is 0 Å². The molecule has 0 bridgehead atoms. The van der Waals surface area contributed by atoms with Crippen LogP contribution in [0.4, 0.5) is 5.69 Å². The van der Waals surface area contributed by atoms with E-state index < -0.39 is 0 Å². The number of nitrogen functional groups attached to an aromatic ring is 1. The Morgan fingerprint density at radius 1 is 1.12 bits per heavy atom. The molecule has 0 aliphatic heterocycles. The molecule has 0 fully saturated rings. The molecule has 0 aliphatic carbocycles. The predicted octanol–water partition coefficient (Wildman–Crippen LogP) is 2.57. The fraction of sp³-hybridized carbons (Fsp3) is 0.143. The van der Waals surface area contributed by atoms with Crippen LogP contribution in [0.15, 0.2) is 42.5 Å². The molecule has 0 heterocycles. The van der Waals surface area contributed by atoms with Gasteiger partial charge in [-0.05, 0) is 35.4 Å². The Hall–Kier alpha value is -2.16. The lowest BCUT2D eigenvalue weighted by Crippen LogP contribution is -1.97. The van der Waals surface area contributed by atoms with E-state index >= 15 is 0 Å². The minimum absolute atomic E-state index is 0.226. The van der Waals surface area contributed by atoms with E-state index in [9.17, 15) is 5.11 Å². The van der Waals surface area contributed by atoms with E-state index in [1.165, 1.54) is 0 Å². The number of rotatable bonds is 3. The highest BCUT2D eigenvalue weighted by molar-refractivity contribution is 5.53. The highest BCUT2D eigenvalue weighted by atomic mass is 16.5. The molecule has 0 spiro atoms. The normalized spacial score (nSPS) is 10.2. The Morgan fingerprint density at radius 2 is 1.88 bits per heavy atom. The van der Waals surface area contributed by atoms with E-state index in [2.05, 4.69) is 0 Å². The van der Waals surface area contributed by atoms with Crippen LogP contribution in [0.1, 0.15) is 11.1 Å². The number of methoxy groups -OCH3 is 1. The second kappa shape index (κ2) is 4.78. The first-order valence-electron chi connectivity index (χ1n) is 5.40. The largest absolute Gasteiger partial charge is 0.508 e. The summed E-state index contributed by atoms with van der Waals surface area (Å²) in [6.45, 7) is 0. The lowest BCUT2D eigenvalue weighted by Gasteiger charge is -2.10. The minimum Gasteiger partial charge on any atom is -0.508 e. The lowest BCUT2D eigenvalue weighted by molar-refractivity contribution is 0.410. The Kier molecular flexibility index (Phi) is 3.19. The number of hydrogen-bond donors (Lipinski definition) is 2. The molecule has 0 aromatic heterocycles. The maximum absolute atomic E-state index is 9.46. The van der Waals surface area contributed by atoms with Crippen molar-refractivity contribution in [1.82, 2.24) is 0 Å². The third-order valence-corrected chi connectivity index (χ3v) is 2.70. The first kappa shape index (κ1) is 11.3. The number of aromatic hydroxyl groups is 1. The first-order chi connectivity index (χ1) is 8.20. The molecule has 3 heteroatoms. The Labute approximate surface area is 100 Å². The summed E-state index contributed by atoms with van der Waals surface area (Å²) in [5.74, 6) is 1.05. The van der Waals surface area contributed by atoms with Gasteiger partial charge in [0.05, 0.1) is 7.11 Å². The summed E-state index contributed by atoms with van der Waals surface area (Å²) in [6, 6.07) is 12.8. The van der Waals surface area contributed by atoms with Crippen LogP contribution in [-0.2, 0) is 6.42 Å². The number of ether oxygens (including phenoxy) is 1. The van der Waals surface area contributed by atoms with E-state index in [1.807, 2.05) is 24.3 Å². The number of hydrogen-bond acceptors (Lipinski definition) is 3. The van der Waals surface area contributed by atoms with Crippen molar-refractivity contribution in [2.75, 3.05) is 12.8 Å². The van der Waals surface area contributed by atoms with Gasteiger partial charge in [-0.25, -0.2) is 0 Å². The van der Waals surface area contributed by atoms with Crippen molar-refractivity contribution in [1.29, 1.82) is 0 Å². The summed E-state index contributed by atoms with van der Waals surface area (Å²) in [6.07, 6.45) is 0.643. The molecule has 0 amide bonds. The van der Waals surface area contributed by atoms with Gasteiger partial charge in [-0.1, -0.05) is 18.2 Å². The molecule has 0 atom stereocenters. The molecular weight excluding hydrogens is 214 g/mol. The number of phenols is 1. The molecule has 0 aliphatic rings. The van der Waals surface area contributed by atoms with Crippen LogP contribution in [0.2, 0.25) is 0 Å². The van der Waals surface area contributed by atoms with Gasteiger partial charge in [0.1, 0.15) is 11.5 Å². The second-order valence-corrected chi connectivity index (χ2v) is 3.87. The maximum Gasteiger partial charge on any atom is 0.122 e. The van der Waals surface area contributed by atoms with Gasteiger partial charge in [0.15, 0.2) is 0 Å². The monoisotopic (exact) mass is 229 g/mol. The van der Waals surface area contributed by atoms with Crippen molar-refractivity contribution in [3.63, 3.8) is 0 Å². The van der Waals surface area contributed by atoms with Crippen molar-refractivity contribution in [3.05, 3.63) is 53.6 Å². The zero-order chi connectivity index (χ0) is 12.3. The van der Waals surface area contributed by atoms with Crippen molar-refractivity contribution in [2.24, 2.45) is 0 Å². The number of benzene rings is 2. The topological polar surface area (TPSA) is 55.5 Å². The minimum atomic E-state index is 0.226. The molecule has 0 saturated heterocycles. The quantitative estimate of drug-likeness (QED) is 0.628. The van der Waals surface area contributed by atoms with E-state index in [1.54, 1.807) is 25.3 Å². The molecule has 0 saturated carbocycles. The van der Waals surface area contributed by atoms with Crippen molar-refractivity contribution < 1.29 is 9.84 Å². The average Bonchev–Trinajstić information content (AvgIpc) is 2.34. The van der Waals surface area contributed by atoms with E-state index in [-0.39, 0.29) is 5.75 Å². The molecule has 0 radical (unpaired) electrons. The Morgan fingerprint density at radius 3 is 2.65 bits per heavy atom. The number of para-hydroxylation sites is 1. The van der Waals surface area contributed by atoms with Crippen LogP contribution >= 0.6 is 0 Å². The highest BCUT2D eigenvalue weighted by Gasteiger charge is 2.06. The number of nitrogens with two attached hydrogens (primary N) is 1. The van der Waals surface area contributed by atoms with Crippen molar-refractivity contribution in [3.8, 4) is 11.5 Å². The first-order valence-corrected chi connectivity index (χ1v) is 5.40. The summed E-state index contributed by atoms with van der Waals surface area (Å²) in [5.41, 5.74) is 8.50. The Bertz CT molecular complexity index is 523. The average molecular weight is 229 g/mol. The summed E-state index contributed by atoms with van der Waals surface area (Å²) in [7, 11) is 1.64. The van der Waals surface area contributed by atoms with Crippen LogP contribution < -0.4 is 10.5 Å². The SMILES string of the molecule is COc1ccccc1Cc1cc(O)ccc1N. The predicted molar refractivity (Wildman–Crippen MR) is 68.3 cm³/mol. The molecular formula is C14H15NO2. The Balaban J connectivity index is 2.34. The fourth-order valence-electron chi connectivity index (χ4n) is 1.80. The third-order valence-electron chi connectivity index (χ3n) is 2.70. The smallest absolute Gasteiger partial charge is 0.122 e. The molecule has 2 rings (SSSR count). The van der Waals surface area contributed by atoms with Gasteiger partial charge in [-0.3, -0.25) is 0 Å². The maximum atomic E-state index is 9.46. The fourth-order valence-corrected chi connectivity index (χ4v) is 1.80. The molecule has 0 unspecified atom stereocenters. The zero-order valence-corrected chi connectivity index (χ0v) is 9.68. The van der Waals surface area contributed by atoms with Gasteiger partial charge in [0, 0.05) is 12.1 Å². The van der Waals surface area contributed by atoms with Crippen molar-refractivity contribution in [2.45, 2.75) is 6.42 Å². The standard InChI is InChI=1S/C14H15NO2/c1-17-14-5-3-2-4-10(14)8-11-9-12(16)6-7-13(11)15/h2-7,9,16H,8,15H2,1H3. The van der Waals surface area contributed by atoms with Crippen LogP contribution in [0.25, 0.3) is 0 Å². The van der Waals surface area contributed by atoms with Crippen LogP contribution in [0, 0.1) is 0 Å². The van der Waals surface area contributed by atoms with Gasteiger partial charge < -0.3 is 15.6 Å². The number of phenolic OH excluding ortho intramolecular Hbond substituents is 1. The summed E-state index contributed by atoms with van der Waals surface area (Å²) < 4.78 is 5.28. The van der Waals surface area contributed by atoms with E-state index in [0.717, 1.165) is 16.9 Å². The van der Waals surface area contributed by atoms with E-state index in [4.69, 9.17) is 10.5 Å². The van der Waals surface area contributed by atoms with Gasteiger partial charge in [-0.2, -0.15) is 0 Å².